The number of nitrogens with zero attached hydrogens (tertiary/aromatic N) is 1. The normalized spacial score (nSPS) is 12.3. The van der Waals surface area contributed by atoms with Crippen LogP contribution < -0.4 is 5.32 Å². The van der Waals surface area contributed by atoms with E-state index >= 15 is 0 Å². The molecular weight excluding hydrogens is 376 g/mol. The van der Waals surface area contributed by atoms with E-state index in [1.54, 1.807) is 0 Å². The predicted octanol–water partition coefficient (Wildman–Crippen LogP) is 5.21. The lowest BCUT2D eigenvalue weighted by atomic mass is 10.0. The van der Waals surface area contributed by atoms with E-state index in [9.17, 15) is 14.9 Å². The molecule has 0 heterocycles. The van der Waals surface area contributed by atoms with Crippen LogP contribution in [0.15, 0.2) is 42.0 Å². The number of benzene rings is 2. The molecular formula is C25H28N2O3. The molecule has 1 atom stereocenters. The van der Waals surface area contributed by atoms with E-state index in [1.165, 1.54) is 18.6 Å². The van der Waals surface area contributed by atoms with Gasteiger partial charge in [0.05, 0.1) is 0 Å². The third-order valence-corrected chi connectivity index (χ3v) is 4.83. The summed E-state index contributed by atoms with van der Waals surface area (Å²) in [6.07, 6.45) is 0.420. The van der Waals surface area contributed by atoms with Gasteiger partial charge in [-0.25, -0.2) is 4.79 Å². The van der Waals surface area contributed by atoms with Gasteiger partial charge in [-0.3, -0.25) is 4.79 Å². The van der Waals surface area contributed by atoms with Crippen molar-refractivity contribution < 1.29 is 14.3 Å². The summed E-state index contributed by atoms with van der Waals surface area (Å²) in [5.41, 5.74) is 5.40. The predicted molar refractivity (Wildman–Crippen MR) is 119 cm³/mol. The van der Waals surface area contributed by atoms with Crippen LogP contribution in [0.5, 0.6) is 0 Å². The molecule has 0 aliphatic rings. The Morgan fingerprint density at radius 2 is 1.60 bits per heavy atom. The van der Waals surface area contributed by atoms with E-state index in [4.69, 9.17) is 4.74 Å². The number of hydrogen-bond donors (Lipinski definition) is 1. The molecule has 0 saturated heterocycles. The maximum atomic E-state index is 12.5. The molecule has 0 radical (unpaired) electrons. The Morgan fingerprint density at radius 1 is 1.03 bits per heavy atom. The average molecular weight is 405 g/mol. The first-order valence-corrected chi connectivity index (χ1v) is 9.93. The molecule has 30 heavy (non-hydrogen) atoms. The number of hydrogen-bond acceptors (Lipinski definition) is 4. The second kappa shape index (κ2) is 9.89. The van der Waals surface area contributed by atoms with Gasteiger partial charge in [0, 0.05) is 5.69 Å². The van der Waals surface area contributed by atoms with Gasteiger partial charge in [-0.15, -0.1) is 0 Å². The van der Waals surface area contributed by atoms with Crippen molar-refractivity contribution in [2.45, 2.75) is 53.6 Å². The van der Waals surface area contributed by atoms with Crippen molar-refractivity contribution in [1.29, 1.82) is 5.26 Å². The van der Waals surface area contributed by atoms with Crippen LogP contribution in [0.4, 0.5) is 5.69 Å². The van der Waals surface area contributed by atoms with Gasteiger partial charge in [0.25, 0.3) is 5.91 Å². The monoisotopic (exact) mass is 404 g/mol. The number of nitrogens with one attached hydrogen (secondary N) is 1. The summed E-state index contributed by atoms with van der Waals surface area (Å²) in [5, 5.41) is 12.2. The fraction of sp³-hybridized carbons (Fsp3) is 0.320. The number of anilines is 1. The highest BCUT2D eigenvalue weighted by Gasteiger charge is 2.21. The van der Waals surface area contributed by atoms with Crippen molar-refractivity contribution in [2.24, 2.45) is 0 Å². The van der Waals surface area contributed by atoms with Crippen molar-refractivity contribution in [3.8, 4) is 6.07 Å². The lowest BCUT2D eigenvalue weighted by Crippen LogP contribution is -2.30. The molecule has 2 aromatic carbocycles. The van der Waals surface area contributed by atoms with Crippen molar-refractivity contribution in [3.05, 3.63) is 69.8 Å². The molecule has 0 aliphatic carbocycles. The van der Waals surface area contributed by atoms with E-state index in [0.717, 1.165) is 22.3 Å². The van der Waals surface area contributed by atoms with E-state index in [1.807, 2.05) is 63.2 Å². The van der Waals surface area contributed by atoms with Gasteiger partial charge in [0.15, 0.2) is 6.10 Å². The first kappa shape index (κ1) is 22.9. The first-order valence-electron chi connectivity index (χ1n) is 9.93. The summed E-state index contributed by atoms with van der Waals surface area (Å²) < 4.78 is 5.23. The van der Waals surface area contributed by atoms with Crippen LogP contribution in [0.25, 0.3) is 6.08 Å². The number of nitriles is 1. The van der Waals surface area contributed by atoms with Crippen molar-refractivity contribution in [1.82, 2.24) is 0 Å². The van der Waals surface area contributed by atoms with Gasteiger partial charge < -0.3 is 10.1 Å². The number of carbonyl (C=O) groups excluding carboxylic acids is 2. The maximum Gasteiger partial charge on any atom is 0.349 e. The summed E-state index contributed by atoms with van der Waals surface area (Å²) >= 11 is 0. The Labute approximate surface area is 178 Å². The molecule has 1 N–H and O–H groups in total. The Balaban J connectivity index is 2.09. The summed E-state index contributed by atoms with van der Waals surface area (Å²) in [6.45, 7) is 11.5. The minimum absolute atomic E-state index is 0.158. The van der Waals surface area contributed by atoms with E-state index in [-0.39, 0.29) is 5.57 Å². The molecule has 0 spiro atoms. The number of esters is 1. The Bertz CT molecular complexity index is 989. The molecule has 0 fully saturated rings. The SMILES string of the molecule is Cc1cc(C)c(NC(=O)[C@@H](C)OC(=O)/C(C#N)=C/c2ccc(C(C)C)cc2)c(C)c1. The summed E-state index contributed by atoms with van der Waals surface area (Å²) in [7, 11) is 0. The highest BCUT2D eigenvalue weighted by atomic mass is 16.5. The smallest absolute Gasteiger partial charge is 0.349 e. The topological polar surface area (TPSA) is 79.2 Å². The Kier molecular flexibility index (Phi) is 7.54. The van der Waals surface area contributed by atoms with Crippen LogP contribution in [0, 0.1) is 32.1 Å². The van der Waals surface area contributed by atoms with Gasteiger partial charge in [-0.05, 0) is 61.9 Å². The Hall–Kier alpha value is -3.39. The average Bonchev–Trinajstić information content (AvgIpc) is 2.68. The van der Waals surface area contributed by atoms with Crippen molar-refractivity contribution >= 4 is 23.6 Å². The largest absolute Gasteiger partial charge is 0.448 e. The maximum absolute atomic E-state index is 12.5. The van der Waals surface area contributed by atoms with E-state index < -0.39 is 18.0 Å². The fourth-order valence-electron chi connectivity index (χ4n) is 3.16. The van der Waals surface area contributed by atoms with E-state index in [2.05, 4.69) is 19.2 Å². The molecule has 0 saturated carbocycles. The van der Waals surface area contributed by atoms with Gasteiger partial charge in [0.1, 0.15) is 11.6 Å². The first-order chi connectivity index (χ1) is 14.1. The van der Waals surface area contributed by atoms with Gasteiger partial charge >= 0.3 is 5.97 Å². The molecule has 0 aromatic heterocycles. The number of ether oxygens (including phenoxy) is 1. The van der Waals surface area contributed by atoms with Crippen LogP contribution >= 0.6 is 0 Å². The second-order valence-corrected chi connectivity index (χ2v) is 7.80. The van der Waals surface area contributed by atoms with Crippen molar-refractivity contribution in [3.63, 3.8) is 0 Å². The molecule has 0 aliphatic heterocycles. The van der Waals surface area contributed by atoms with E-state index in [0.29, 0.717) is 11.6 Å². The zero-order chi connectivity index (χ0) is 22.4. The molecule has 5 heteroatoms. The minimum atomic E-state index is -1.04. The number of rotatable bonds is 6. The fourth-order valence-corrected chi connectivity index (χ4v) is 3.16. The quantitative estimate of drug-likeness (QED) is 0.407. The third-order valence-electron chi connectivity index (χ3n) is 4.83. The highest BCUT2D eigenvalue weighted by molar-refractivity contribution is 6.01. The summed E-state index contributed by atoms with van der Waals surface area (Å²) in [4.78, 5) is 24.9. The number of carbonyl (C=O) groups is 2. The summed E-state index contributed by atoms with van der Waals surface area (Å²) in [5.74, 6) is -0.883. The molecule has 0 unspecified atom stereocenters. The zero-order valence-electron chi connectivity index (χ0n) is 18.4. The molecule has 0 bridgehead atoms. The zero-order valence-corrected chi connectivity index (χ0v) is 18.4. The molecule has 5 nitrogen and oxygen atoms in total. The van der Waals surface area contributed by atoms with Gasteiger partial charge in [-0.1, -0.05) is 55.8 Å². The molecule has 1 amide bonds. The number of amides is 1. The van der Waals surface area contributed by atoms with Gasteiger partial charge in [-0.2, -0.15) is 5.26 Å². The third kappa shape index (κ3) is 5.81. The van der Waals surface area contributed by atoms with Crippen LogP contribution in [0.1, 0.15) is 54.5 Å². The number of aryl methyl sites for hydroxylation is 3. The van der Waals surface area contributed by atoms with Crippen LogP contribution in [-0.2, 0) is 14.3 Å². The van der Waals surface area contributed by atoms with Gasteiger partial charge in [0.2, 0.25) is 0 Å². The lowest BCUT2D eigenvalue weighted by molar-refractivity contribution is -0.148. The molecule has 156 valence electrons. The Morgan fingerprint density at radius 3 is 2.10 bits per heavy atom. The summed E-state index contributed by atoms with van der Waals surface area (Å²) in [6, 6.07) is 13.4. The van der Waals surface area contributed by atoms with Crippen LogP contribution in [0.2, 0.25) is 0 Å². The van der Waals surface area contributed by atoms with Crippen LogP contribution in [0.3, 0.4) is 0 Å². The lowest BCUT2D eigenvalue weighted by Gasteiger charge is -2.16. The minimum Gasteiger partial charge on any atom is -0.448 e. The molecule has 2 rings (SSSR count). The second-order valence-electron chi connectivity index (χ2n) is 7.80. The highest BCUT2D eigenvalue weighted by Crippen LogP contribution is 2.22. The molecule has 2 aromatic rings. The van der Waals surface area contributed by atoms with Crippen molar-refractivity contribution in [2.75, 3.05) is 5.32 Å². The van der Waals surface area contributed by atoms with Crippen LogP contribution in [-0.4, -0.2) is 18.0 Å². The standard InChI is InChI=1S/C25H28N2O3/c1-15(2)21-9-7-20(8-10-21)13-22(14-26)25(29)30-19(6)24(28)27-23-17(4)11-16(3)12-18(23)5/h7-13,15,19H,1-6H3,(H,27,28)/b22-13+/t19-/m1/s1.